The third kappa shape index (κ3) is 2.38. The molecule has 0 aliphatic heterocycles. The van der Waals surface area contributed by atoms with E-state index in [9.17, 15) is 9.90 Å². The molecule has 1 atom stereocenters. The van der Waals surface area contributed by atoms with Gasteiger partial charge in [-0.15, -0.1) is 0 Å². The second-order valence-corrected chi connectivity index (χ2v) is 8.03. The van der Waals surface area contributed by atoms with Gasteiger partial charge in [-0.2, -0.15) is 0 Å². The van der Waals surface area contributed by atoms with Gasteiger partial charge in [-0.1, -0.05) is 0 Å². The fourth-order valence-corrected chi connectivity index (χ4v) is 5.83. The number of rotatable bonds is 5. The van der Waals surface area contributed by atoms with Crippen LogP contribution in [0.1, 0.15) is 58.8 Å². The number of aliphatic hydroxyl groups excluding tert-OH is 1. The number of aliphatic hydroxyl groups is 1. The Morgan fingerprint density at radius 1 is 1.20 bits per heavy atom. The Bertz CT molecular complexity index is 354. The van der Waals surface area contributed by atoms with Gasteiger partial charge in [0.2, 0.25) is 0 Å². The molecule has 0 radical (unpaired) electrons. The third-order valence-corrected chi connectivity index (χ3v) is 6.05. The van der Waals surface area contributed by atoms with Crippen LogP contribution >= 0.6 is 0 Å². The van der Waals surface area contributed by atoms with Gasteiger partial charge in [-0.05, 0) is 82.0 Å². The number of esters is 1. The van der Waals surface area contributed by atoms with Crippen molar-refractivity contribution in [1.29, 1.82) is 0 Å². The monoisotopic (exact) mass is 280 g/mol. The van der Waals surface area contributed by atoms with Crippen molar-refractivity contribution in [1.82, 2.24) is 0 Å². The maximum absolute atomic E-state index is 12.2. The fraction of sp³-hybridized carbons (Fsp3) is 0.941. The quantitative estimate of drug-likeness (QED) is 0.787. The van der Waals surface area contributed by atoms with E-state index in [2.05, 4.69) is 0 Å². The largest absolute Gasteiger partial charge is 0.466 e. The van der Waals surface area contributed by atoms with Crippen LogP contribution < -0.4 is 0 Å². The molecule has 0 heterocycles. The van der Waals surface area contributed by atoms with Crippen molar-refractivity contribution in [3.8, 4) is 0 Å². The molecule has 4 bridgehead atoms. The van der Waals surface area contributed by atoms with E-state index < -0.39 is 5.41 Å². The molecule has 114 valence electrons. The van der Waals surface area contributed by atoms with Crippen LogP contribution in [0.15, 0.2) is 0 Å². The molecule has 4 rings (SSSR count). The summed E-state index contributed by atoms with van der Waals surface area (Å²) in [6.07, 6.45) is 8.87. The summed E-state index contributed by atoms with van der Waals surface area (Å²) in [4.78, 5) is 12.2. The second-order valence-electron chi connectivity index (χ2n) is 8.03. The van der Waals surface area contributed by atoms with Gasteiger partial charge in [-0.25, -0.2) is 0 Å². The van der Waals surface area contributed by atoms with Crippen LogP contribution in [0.4, 0.5) is 0 Å². The van der Waals surface area contributed by atoms with E-state index in [0.29, 0.717) is 12.0 Å². The molecule has 3 nitrogen and oxygen atoms in total. The first kappa shape index (κ1) is 14.4. The highest BCUT2D eigenvalue weighted by Crippen LogP contribution is 2.63. The van der Waals surface area contributed by atoms with Crippen molar-refractivity contribution in [2.75, 3.05) is 13.2 Å². The third-order valence-electron chi connectivity index (χ3n) is 6.05. The van der Waals surface area contributed by atoms with Gasteiger partial charge in [0.15, 0.2) is 0 Å². The van der Waals surface area contributed by atoms with E-state index in [1.165, 1.54) is 38.5 Å². The van der Waals surface area contributed by atoms with Crippen LogP contribution in [0.25, 0.3) is 0 Å². The van der Waals surface area contributed by atoms with Crippen molar-refractivity contribution in [3.05, 3.63) is 0 Å². The topological polar surface area (TPSA) is 46.5 Å². The molecule has 1 N–H and O–H groups in total. The zero-order chi connectivity index (χ0) is 14.4. The van der Waals surface area contributed by atoms with Crippen molar-refractivity contribution in [2.24, 2.45) is 28.6 Å². The minimum absolute atomic E-state index is 0.0897. The van der Waals surface area contributed by atoms with Crippen molar-refractivity contribution in [2.45, 2.75) is 58.8 Å². The number of ether oxygens (including phenoxy) is 1. The summed E-state index contributed by atoms with van der Waals surface area (Å²) in [5.74, 6) is 2.43. The summed E-state index contributed by atoms with van der Waals surface area (Å²) in [5, 5.41) is 9.78. The number of hydrogen-bond acceptors (Lipinski definition) is 3. The Hall–Kier alpha value is -0.570. The number of hydrogen-bond donors (Lipinski definition) is 1. The molecule has 4 fully saturated rings. The maximum atomic E-state index is 12.2. The Balaban J connectivity index is 1.77. The second kappa shape index (κ2) is 5.01. The average molecular weight is 280 g/mol. The van der Waals surface area contributed by atoms with Crippen LogP contribution in [0.2, 0.25) is 0 Å². The molecule has 0 saturated heterocycles. The zero-order valence-electron chi connectivity index (χ0n) is 12.9. The van der Waals surface area contributed by atoms with Crippen LogP contribution in [0.5, 0.6) is 0 Å². The van der Waals surface area contributed by atoms with Gasteiger partial charge < -0.3 is 9.84 Å². The lowest BCUT2D eigenvalue weighted by atomic mass is 9.47. The van der Waals surface area contributed by atoms with E-state index >= 15 is 0 Å². The molecule has 0 unspecified atom stereocenters. The molecule has 0 aromatic rings. The highest BCUT2D eigenvalue weighted by molar-refractivity contribution is 5.76. The van der Waals surface area contributed by atoms with Gasteiger partial charge in [0.05, 0.1) is 18.6 Å². The van der Waals surface area contributed by atoms with Crippen molar-refractivity contribution in [3.63, 3.8) is 0 Å². The Morgan fingerprint density at radius 3 is 2.10 bits per heavy atom. The molecule has 3 heteroatoms. The Kier molecular flexibility index (Phi) is 3.60. The molecule has 0 spiro atoms. The van der Waals surface area contributed by atoms with Crippen LogP contribution in [0.3, 0.4) is 0 Å². The Labute approximate surface area is 122 Å². The number of carbonyl (C=O) groups excluding carboxylic acids is 1. The van der Waals surface area contributed by atoms with E-state index in [1.54, 1.807) is 0 Å². The van der Waals surface area contributed by atoms with Crippen molar-refractivity contribution < 1.29 is 14.6 Å². The van der Waals surface area contributed by atoms with E-state index in [-0.39, 0.29) is 12.6 Å². The normalized spacial score (nSPS) is 41.5. The summed E-state index contributed by atoms with van der Waals surface area (Å²) in [6, 6.07) is 0. The van der Waals surface area contributed by atoms with Gasteiger partial charge in [0.25, 0.3) is 0 Å². The predicted octanol–water partition coefficient (Wildman–Crippen LogP) is 3.15. The summed E-state index contributed by atoms with van der Waals surface area (Å²) in [7, 11) is 0. The molecule has 4 aliphatic carbocycles. The minimum atomic E-state index is -0.707. The summed E-state index contributed by atoms with van der Waals surface area (Å²) >= 11 is 0. The number of carbonyl (C=O) groups is 1. The van der Waals surface area contributed by atoms with Gasteiger partial charge >= 0.3 is 5.97 Å². The van der Waals surface area contributed by atoms with Crippen LogP contribution in [0, 0.1) is 28.6 Å². The highest BCUT2D eigenvalue weighted by Gasteiger charge is 2.54. The summed E-state index contributed by atoms with van der Waals surface area (Å²) in [5.41, 5.74) is -0.402. The molecule has 0 aromatic heterocycles. The van der Waals surface area contributed by atoms with E-state index in [0.717, 1.165) is 24.2 Å². The maximum Gasteiger partial charge on any atom is 0.314 e. The van der Waals surface area contributed by atoms with Crippen molar-refractivity contribution >= 4 is 5.97 Å². The minimum Gasteiger partial charge on any atom is -0.466 e. The van der Waals surface area contributed by atoms with E-state index in [4.69, 9.17) is 4.74 Å². The van der Waals surface area contributed by atoms with Gasteiger partial charge in [0.1, 0.15) is 0 Å². The summed E-state index contributed by atoms with van der Waals surface area (Å²) < 4.78 is 5.21. The SMILES string of the molecule is CCOC(=O)[C@](C)(CO)CC12CC3CC(CC(C3)C1)C2. The predicted molar refractivity (Wildman–Crippen MR) is 77.0 cm³/mol. The lowest BCUT2D eigenvalue weighted by Gasteiger charge is -2.58. The van der Waals surface area contributed by atoms with E-state index in [1.807, 2.05) is 13.8 Å². The molecule has 20 heavy (non-hydrogen) atoms. The van der Waals surface area contributed by atoms with Gasteiger partial charge in [0, 0.05) is 0 Å². The van der Waals surface area contributed by atoms with Crippen LogP contribution in [-0.2, 0) is 9.53 Å². The average Bonchev–Trinajstić information content (AvgIpc) is 2.36. The molecule has 0 amide bonds. The lowest BCUT2D eigenvalue weighted by Crippen LogP contribution is -2.50. The first-order valence-electron chi connectivity index (χ1n) is 8.27. The summed E-state index contributed by atoms with van der Waals surface area (Å²) in [6.45, 7) is 4.03. The fourth-order valence-electron chi connectivity index (χ4n) is 5.83. The van der Waals surface area contributed by atoms with Gasteiger partial charge in [-0.3, -0.25) is 4.79 Å². The molecule has 4 saturated carbocycles. The molecular weight excluding hydrogens is 252 g/mol. The molecule has 0 aromatic carbocycles. The molecular formula is C17H28O3. The standard InChI is InChI=1S/C17H28O3/c1-3-20-15(19)16(2,11-18)10-17-7-12-4-13(8-17)6-14(5-12)9-17/h12-14,18H,3-11H2,1-2H3/t12?,13?,14?,16-,17?/m0/s1. The Morgan fingerprint density at radius 2 is 1.70 bits per heavy atom. The smallest absolute Gasteiger partial charge is 0.314 e. The molecule has 4 aliphatic rings. The highest BCUT2D eigenvalue weighted by atomic mass is 16.5. The first-order chi connectivity index (χ1) is 9.48. The first-order valence-corrected chi connectivity index (χ1v) is 8.27. The lowest BCUT2D eigenvalue weighted by molar-refractivity contribution is -0.164. The zero-order valence-corrected chi connectivity index (χ0v) is 12.9. The van der Waals surface area contributed by atoms with Crippen LogP contribution in [-0.4, -0.2) is 24.3 Å².